The van der Waals surface area contributed by atoms with E-state index in [0.29, 0.717) is 0 Å². The number of aryl methyl sites for hydroxylation is 1. The van der Waals surface area contributed by atoms with E-state index in [4.69, 9.17) is 0 Å². The van der Waals surface area contributed by atoms with Crippen molar-refractivity contribution in [1.82, 2.24) is 15.3 Å². The summed E-state index contributed by atoms with van der Waals surface area (Å²) >= 11 is 1.52. The van der Waals surface area contributed by atoms with Gasteiger partial charge in [0.15, 0.2) is 0 Å². The Morgan fingerprint density at radius 3 is 2.56 bits per heavy atom. The Bertz CT molecular complexity index is 728. The summed E-state index contributed by atoms with van der Waals surface area (Å²) in [7, 11) is 0. The van der Waals surface area contributed by atoms with Crippen LogP contribution in [0.25, 0.3) is 0 Å². The molecule has 0 bridgehead atoms. The molecule has 1 saturated heterocycles. The molecule has 0 aliphatic carbocycles. The van der Waals surface area contributed by atoms with Crippen molar-refractivity contribution in [3.05, 3.63) is 40.0 Å². The Morgan fingerprint density at radius 2 is 2.00 bits per heavy atom. The number of piperidine rings is 1. The first-order valence-corrected chi connectivity index (χ1v) is 9.61. The molecule has 3 heterocycles. The van der Waals surface area contributed by atoms with Crippen LogP contribution in [0.1, 0.15) is 54.0 Å². The predicted octanol–water partition coefficient (Wildman–Crippen LogP) is 3.54. The average molecular weight is 359 g/mol. The van der Waals surface area contributed by atoms with Crippen LogP contribution in [-0.4, -0.2) is 35.0 Å². The minimum Gasteiger partial charge on any atom is -0.356 e. The largest absolute Gasteiger partial charge is 0.356 e. The van der Waals surface area contributed by atoms with E-state index in [1.807, 2.05) is 31.3 Å². The van der Waals surface area contributed by atoms with Crippen LogP contribution in [0.4, 0.5) is 5.82 Å². The zero-order valence-electron chi connectivity index (χ0n) is 15.4. The first-order valence-electron chi connectivity index (χ1n) is 8.79. The number of amides is 1. The van der Waals surface area contributed by atoms with Gasteiger partial charge in [-0.25, -0.2) is 9.97 Å². The number of thiazole rings is 1. The van der Waals surface area contributed by atoms with E-state index >= 15 is 0 Å². The summed E-state index contributed by atoms with van der Waals surface area (Å²) in [5, 5.41) is 4.21. The number of rotatable bonds is 3. The molecule has 1 N–H and O–H groups in total. The predicted molar refractivity (Wildman–Crippen MR) is 102 cm³/mol. The third-order valence-corrected chi connectivity index (χ3v) is 6.03. The van der Waals surface area contributed by atoms with Crippen molar-refractivity contribution in [2.75, 3.05) is 18.0 Å². The number of nitrogens with one attached hydrogen (secondary N) is 1. The molecule has 1 fully saturated rings. The summed E-state index contributed by atoms with van der Waals surface area (Å²) in [5.41, 5.74) is 0.806. The normalized spacial score (nSPS) is 16.1. The van der Waals surface area contributed by atoms with Crippen LogP contribution in [0.15, 0.2) is 24.4 Å². The van der Waals surface area contributed by atoms with Crippen molar-refractivity contribution in [3.63, 3.8) is 0 Å². The minimum atomic E-state index is -0.0258. The lowest BCUT2D eigenvalue weighted by atomic mass is 9.98. The van der Waals surface area contributed by atoms with Gasteiger partial charge in [0, 0.05) is 30.7 Å². The van der Waals surface area contributed by atoms with E-state index in [-0.39, 0.29) is 17.4 Å². The first kappa shape index (κ1) is 17.9. The third-order valence-electron chi connectivity index (χ3n) is 4.45. The molecule has 0 radical (unpaired) electrons. The Hall–Kier alpha value is -1.95. The summed E-state index contributed by atoms with van der Waals surface area (Å²) < 4.78 is 0. The van der Waals surface area contributed by atoms with Crippen molar-refractivity contribution < 1.29 is 4.79 Å². The highest BCUT2D eigenvalue weighted by molar-refractivity contribution is 7.14. The highest BCUT2D eigenvalue weighted by Crippen LogP contribution is 2.29. The summed E-state index contributed by atoms with van der Waals surface area (Å²) in [5.74, 6) is 1.03. The fraction of sp³-hybridized carbons (Fsp3) is 0.526. The molecular weight excluding hydrogens is 332 g/mol. The van der Waals surface area contributed by atoms with E-state index in [1.165, 1.54) is 11.3 Å². The highest BCUT2D eigenvalue weighted by Gasteiger charge is 2.26. The molecule has 2 aromatic heterocycles. The zero-order valence-corrected chi connectivity index (χ0v) is 16.2. The second-order valence-corrected chi connectivity index (χ2v) is 8.61. The van der Waals surface area contributed by atoms with Crippen LogP contribution >= 0.6 is 11.3 Å². The van der Waals surface area contributed by atoms with Gasteiger partial charge < -0.3 is 10.2 Å². The smallest absolute Gasteiger partial charge is 0.263 e. The molecule has 134 valence electrons. The topological polar surface area (TPSA) is 58.1 Å². The average Bonchev–Trinajstić information content (AvgIpc) is 2.99. The zero-order chi connectivity index (χ0) is 18.0. The van der Waals surface area contributed by atoms with Gasteiger partial charge in [0.05, 0.1) is 10.7 Å². The molecule has 0 spiro atoms. The second-order valence-electron chi connectivity index (χ2n) is 7.61. The number of nitrogens with zero attached hydrogens (tertiary/aromatic N) is 3. The number of aromatic nitrogens is 2. The molecule has 1 aliphatic heterocycles. The third kappa shape index (κ3) is 4.18. The summed E-state index contributed by atoms with van der Waals surface area (Å²) in [6.07, 6.45) is 3.70. The lowest BCUT2D eigenvalue weighted by Crippen LogP contribution is -2.44. The standard InChI is InChI=1S/C19H26N4OS/c1-13-16(25-18(21-13)19(2,3)4)17(24)22-14-8-11-23(12-9-14)15-7-5-6-10-20-15/h5-7,10,14H,8-9,11-12H2,1-4H3,(H,22,24). The molecule has 0 saturated carbocycles. The quantitative estimate of drug-likeness (QED) is 0.912. The highest BCUT2D eigenvalue weighted by atomic mass is 32.1. The number of pyridine rings is 1. The van der Waals surface area contributed by atoms with Crippen LogP contribution in [0.2, 0.25) is 0 Å². The van der Waals surface area contributed by atoms with Crippen molar-refractivity contribution in [1.29, 1.82) is 0 Å². The Labute approximate surface area is 153 Å². The molecular formula is C19H26N4OS. The molecule has 2 aromatic rings. The fourth-order valence-electron chi connectivity index (χ4n) is 2.97. The minimum absolute atomic E-state index is 0.0155. The van der Waals surface area contributed by atoms with E-state index in [9.17, 15) is 4.79 Å². The lowest BCUT2D eigenvalue weighted by Gasteiger charge is -2.33. The van der Waals surface area contributed by atoms with Crippen molar-refractivity contribution in [3.8, 4) is 0 Å². The summed E-state index contributed by atoms with van der Waals surface area (Å²) in [6, 6.07) is 6.19. The maximum Gasteiger partial charge on any atom is 0.263 e. The van der Waals surface area contributed by atoms with E-state index < -0.39 is 0 Å². The Kier molecular flexibility index (Phi) is 5.08. The summed E-state index contributed by atoms with van der Waals surface area (Å²) in [6.45, 7) is 10.1. The fourth-order valence-corrected chi connectivity index (χ4v) is 4.00. The molecule has 3 rings (SSSR count). The second kappa shape index (κ2) is 7.12. The van der Waals surface area contributed by atoms with Gasteiger partial charge in [-0.2, -0.15) is 0 Å². The van der Waals surface area contributed by atoms with Gasteiger partial charge in [0.1, 0.15) is 10.7 Å². The van der Waals surface area contributed by atoms with Gasteiger partial charge in [-0.1, -0.05) is 26.8 Å². The van der Waals surface area contributed by atoms with Crippen LogP contribution in [0.3, 0.4) is 0 Å². The van der Waals surface area contributed by atoms with Gasteiger partial charge in [0.25, 0.3) is 5.91 Å². The molecule has 1 aliphatic rings. The van der Waals surface area contributed by atoms with Crippen LogP contribution in [0, 0.1) is 6.92 Å². The first-order chi connectivity index (χ1) is 11.8. The van der Waals surface area contributed by atoms with E-state index in [1.54, 1.807) is 0 Å². The van der Waals surface area contributed by atoms with Gasteiger partial charge in [-0.05, 0) is 31.9 Å². The molecule has 0 atom stereocenters. The number of hydrogen-bond acceptors (Lipinski definition) is 5. The Morgan fingerprint density at radius 1 is 1.28 bits per heavy atom. The SMILES string of the molecule is Cc1nc(C(C)(C)C)sc1C(=O)NC1CCN(c2ccccn2)CC1. The van der Waals surface area contributed by atoms with Gasteiger partial charge >= 0.3 is 0 Å². The van der Waals surface area contributed by atoms with Gasteiger partial charge in [0.2, 0.25) is 0 Å². The molecule has 0 aromatic carbocycles. The molecule has 6 heteroatoms. The van der Waals surface area contributed by atoms with Crippen molar-refractivity contribution in [2.24, 2.45) is 0 Å². The molecule has 25 heavy (non-hydrogen) atoms. The van der Waals surface area contributed by atoms with E-state index in [2.05, 4.69) is 41.0 Å². The Balaban J connectivity index is 1.59. The summed E-state index contributed by atoms with van der Waals surface area (Å²) in [4.78, 5) is 24.7. The number of anilines is 1. The van der Waals surface area contributed by atoms with Gasteiger partial charge in [-0.15, -0.1) is 11.3 Å². The monoisotopic (exact) mass is 358 g/mol. The van der Waals surface area contributed by atoms with Crippen molar-refractivity contribution >= 4 is 23.1 Å². The molecule has 0 unspecified atom stereocenters. The number of hydrogen-bond donors (Lipinski definition) is 1. The van der Waals surface area contributed by atoms with Gasteiger partial charge in [-0.3, -0.25) is 4.79 Å². The molecule has 5 nitrogen and oxygen atoms in total. The van der Waals surface area contributed by atoms with E-state index in [0.717, 1.165) is 47.3 Å². The number of carbonyl (C=O) groups is 1. The maximum absolute atomic E-state index is 12.7. The maximum atomic E-state index is 12.7. The molecule has 1 amide bonds. The number of carbonyl (C=O) groups excluding carboxylic acids is 1. The van der Waals surface area contributed by atoms with Crippen molar-refractivity contribution in [2.45, 2.75) is 52.0 Å². The lowest BCUT2D eigenvalue weighted by molar-refractivity contribution is 0.0934. The van der Waals surface area contributed by atoms with Crippen LogP contribution in [0.5, 0.6) is 0 Å². The van der Waals surface area contributed by atoms with Crippen LogP contribution in [-0.2, 0) is 5.41 Å². The van der Waals surface area contributed by atoms with Crippen LogP contribution < -0.4 is 10.2 Å².